The van der Waals surface area contributed by atoms with Crippen molar-refractivity contribution in [3.63, 3.8) is 0 Å². The van der Waals surface area contributed by atoms with Gasteiger partial charge in [0.25, 0.3) is 0 Å². The Bertz CT molecular complexity index is 900. The zero-order chi connectivity index (χ0) is 23.6. The van der Waals surface area contributed by atoms with Crippen LogP contribution in [0.25, 0.3) is 0 Å². The molecule has 5 atom stereocenters. The van der Waals surface area contributed by atoms with E-state index in [-0.39, 0.29) is 11.9 Å². The fourth-order valence-corrected chi connectivity index (χ4v) is 3.94. The Morgan fingerprint density at radius 2 is 2.13 bits per heavy atom. The van der Waals surface area contributed by atoms with Crippen LogP contribution >= 0.6 is 7.67 Å². The Kier molecular flexibility index (Phi) is 7.89. The van der Waals surface area contributed by atoms with Gasteiger partial charge in [-0.15, -0.1) is 0 Å². The van der Waals surface area contributed by atoms with Crippen LogP contribution in [0.1, 0.15) is 27.0 Å². The molecule has 176 valence electrons. The summed E-state index contributed by atoms with van der Waals surface area (Å²) in [5.41, 5.74) is 4.45. The second-order valence-electron chi connectivity index (χ2n) is 7.31. The van der Waals surface area contributed by atoms with Gasteiger partial charge in [-0.05, 0) is 26.8 Å². The number of rotatable bonds is 9. The first-order valence-electron chi connectivity index (χ1n) is 9.38. The van der Waals surface area contributed by atoms with Gasteiger partial charge in [0.15, 0.2) is 6.10 Å². The van der Waals surface area contributed by atoms with Crippen LogP contribution in [-0.2, 0) is 18.6 Å². The van der Waals surface area contributed by atoms with Crippen molar-refractivity contribution in [2.45, 2.75) is 57.2 Å². The number of hydrogen-bond donors (Lipinski definition) is 5. The van der Waals surface area contributed by atoms with Gasteiger partial charge in [0, 0.05) is 19.3 Å². The number of aliphatic hydroxyl groups is 1. The zero-order valence-electron chi connectivity index (χ0n) is 17.4. The average Bonchev–Trinajstić information content (AvgIpc) is 2.88. The number of nitrogens with two attached hydrogens (primary N) is 1. The topological polar surface area (TPSA) is 170 Å². The maximum absolute atomic E-state index is 14.6. The monoisotopic (exact) mass is 468 g/mol. The summed E-state index contributed by atoms with van der Waals surface area (Å²) in [7, 11) is -2.74. The highest BCUT2D eigenvalue weighted by molar-refractivity contribution is 7.54. The molecule has 2 heterocycles. The minimum absolute atomic E-state index is 0.0399. The maximum atomic E-state index is 14.6. The van der Waals surface area contributed by atoms with Gasteiger partial charge in [0.2, 0.25) is 12.1 Å². The highest BCUT2D eigenvalue weighted by Crippen LogP contribution is 2.44. The number of anilines is 1. The van der Waals surface area contributed by atoms with Crippen molar-refractivity contribution in [1.29, 1.82) is 0 Å². The fraction of sp³-hybridized carbons (Fsp3) is 0.688. The van der Waals surface area contributed by atoms with Crippen LogP contribution in [0, 0.1) is 0 Å². The predicted octanol–water partition coefficient (Wildman–Crippen LogP) is -0.235. The molecule has 1 amide bonds. The molecule has 31 heavy (non-hydrogen) atoms. The summed E-state index contributed by atoms with van der Waals surface area (Å²) < 4.78 is 52.1. The first-order chi connectivity index (χ1) is 14.3. The quantitative estimate of drug-likeness (QED) is 0.305. The zero-order valence-corrected chi connectivity index (χ0v) is 18.3. The normalized spacial score (nSPS) is 25.8. The SMILES string of the molecule is CNC(=O)[C@H](C)NP(N)(=O)OCC1O[C@@H](n2ccc(NC(C)C)nc2=O)C(F)(F)[C@@H]1O. The highest BCUT2D eigenvalue weighted by Gasteiger charge is 2.60. The number of aromatic nitrogens is 2. The summed E-state index contributed by atoms with van der Waals surface area (Å²) in [5.74, 6) is -4.22. The van der Waals surface area contributed by atoms with E-state index in [1.807, 2.05) is 13.8 Å². The molecule has 0 spiro atoms. The third-order valence-corrected chi connectivity index (χ3v) is 5.62. The smallest absolute Gasteiger partial charge is 0.351 e. The van der Waals surface area contributed by atoms with Crippen LogP contribution in [-0.4, -0.2) is 64.4 Å². The number of amides is 1. The summed E-state index contributed by atoms with van der Waals surface area (Å²) in [6.07, 6.45) is -5.14. The number of carbonyl (C=O) groups excluding carboxylic acids is 1. The summed E-state index contributed by atoms with van der Waals surface area (Å²) >= 11 is 0. The number of carbonyl (C=O) groups is 1. The first kappa shape index (κ1) is 25.3. The average molecular weight is 468 g/mol. The minimum Gasteiger partial charge on any atom is -0.384 e. The standard InChI is InChI=1S/C16H27F2N6O6P/c1-8(2)21-11-5-6-24(15(27)22-11)14-16(17,18)12(25)10(30-14)7-29-31(19,28)23-9(3)13(26)20-4/h5-6,8-10,12,14,25H,7H2,1-4H3,(H,20,26)(H3,19,23,28)(H,21,22,27)/t9-,10?,12+,14+,31?/m0/s1. The van der Waals surface area contributed by atoms with Crippen molar-refractivity contribution < 1.29 is 32.5 Å². The van der Waals surface area contributed by atoms with Crippen molar-refractivity contribution in [2.24, 2.45) is 5.50 Å². The van der Waals surface area contributed by atoms with Crippen molar-refractivity contribution in [3.8, 4) is 0 Å². The van der Waals surface area contributed by atoms with Gasteiger partial charge in [-0.3, -0.25) is 13.9 Å². The molecular formula is C16H27F2N6O6P. The molecule has 1 aliphatic rings. The molecule has 0 aromatic carbocycles. The number of alkyl halides is 2. The number of ether oxygens (including phenoxy) is 1. The molecule has 2 rings (SSSR count). The van der Waals surface area contributed by atoms with Gasteiger partial charge in [-0.2, -0.15) is 13.8 Å². The Morgan fingerprint density at radius 3 is 2.68 bits per heavy atom. The molecule has 0 aliphatic carbocycles. The molecule has 1 fully saturated rings. The number of hydrogen-bond acceptors (Lipinski definition) is 8. The summed E-state index contributed by atoms with van der Waals surface area (Å²) in [6.45, 7) is 4.19. The first-order valence-corrected chi connectivity index (χ1v) is 11.1. The van der Waals surface area contributed by atoms with E-state index >= 15 is 0 Å². The van der Waals surface area contributed by atoms with Crippen LogP contribution in [0.4, 0.5) is 14.6 Å². The largest absolute Gasteiger partial charge is 0.384 e. The highest BCUT2D eigenvalue weighted by atomic mass is 31.2. The van der Waals surface area contributed by atoms with Crippen molar-refractivity contribution in [3.05, 3.63) is 22.7 Å². The summed E-state index contributed by atoms with van der Waals surface area (Å²) in [4.78, 5) is 27.4. The van der Waals surface area contributed by atoms with Gasteiger partial charge in [-0.1, -0.05) is 0 Å². The number of aliphatic hydroxyl groups excluding tert-OH is 1. The van der Waals surface area contributed by atoms with Gasteiger partial charge >= 0.3 is 19.3 Å². The molecule has 0 bridgehead atoms. The number of likely N-dealkylation sites (N-methyl/N-ethyl adjacent to an activating group) is 1. The van der Waals surface area contributed by atoms with E-state index in [0.717, 1.165) is 6.20 Å². The van der Waals surface area contributed by atoms with Crippen LogP contribution in [0.2, 0.25) is 0 Å². The van der Waals surface area contributed by atoms with Crippen molar-refractivity contribution >= 4 is 19.4 Å². The van der Waals surface area contributed by atoms with Crippen molar-refractivity contribution in [2.75, 3.05) is 19.0 Å². The molecule has 12 nitrogen and oxygen atoms in total. The third-order valence-electron chi connectivity index (χ3n) is 4.34. The second kappa shape index (κ2) is 9.67. The molecular weight excluding hydrogens is 441 g/mol. The molecule has 1 saturated heterocycles. The molecule has 0 saturated carbocycles. The van der Waals surface area contributed by atoms with E-state index in [2.05, 4.69) is 20.7 Å². The Labute approximate surface area is 177 Å². The molecule has 6 N–H and O–H groups in total. The van der Waals surface area contributed by atoms with E-state index in [1.165, 1.54) is 20.0 Å². The lowest BCUT2D eigenvalue weighted by atomic mass is 10.1. The lowest BCUT2D eigenvalue weighted by Crippen LogP contribution is -2.43. The molecule has 1 aliphatic heterocycles. The Hall–Kier alpha value is -1.96. The van der Waals surface area contributed by atoms with Crippen LogP contribution in [0.3, 0.4) is 0 Å². The molecule has 2 unspecified atom stereocenters. The Balaban J connectivity index is 2.12. The van der Waals surface area contributed by atoms with E-state index in [1.54, 1.807) is 0 Å². The van der Waals surface area contributed by atoms with Crippen LogP contribution in [0.5, 0.6) is 0 Å². The Morgan fingerprint density at radius 1 is 1.48 bits per heavy atom. The van der Waals surface area contributed by atoms with E-state index in [9.17, 15) is 28.0 Å². The molecule has 1 aromatic heterocycles. The molecule has 0 radical (unpaired) electrons. The van der Waals surface area contributed by atoms with E-state index in [0.29, 0.717) is 4.57 Å². The van der Waals surface area contributed by atoms with Crippen LogP contribution < -0.4 is 26.9 Å². The lowest BCUT2D eigenvalue weighted by molar-refractivity contribution is -0.140. The van der Waals surface area contributed by atoms with Gasteiger partial charge in [-0.25, -0.2) is 15.4 Å². The molecule has 1 aromatic rings. The predicted molar refractivity (Wildman–Crippen MR) is 107 cm³/mol. The third kappa shape index (κ3) is 6.05. The molecule has 15 heteroatoms. The second-order valence-corrected chi connectivity index (χ2v) is 9.02. The summed E-state index contributed by atoms with van der Waals surface area (Å²) in [6, 6.07) is 0.281. The fourth-order valence-electron chi connectivity index (χ4n) is 2.84. The number of nitrogens with zero attached hydrogens (tertiary/aromatic N) is 2. The van der Waals surface area contributed by atoms with E-state index in [4.69, 9.17) is 14.8 Å². The van der Waals surface area contributed by atoms with Gasteiger partial charge < -0.3 is 25.0 Å². The maximum Gasteiger partial charge on any atom is 0.351 e. The van der Waals surface area contributed by atoms with Crippen LogP contribution in [0.15, 0.2) is 17.1 Å². The lowest BCUT2D eigenvalue weighted by Gasteiger charge is -2.21. The van der Waals surface area contributed by atoms with Crippen molar-refractivity contribution in [1.82, 2.24) is 20.0 Å². The minimum atomic E-state index is -4.09. The van der Waals surface area contributed by atoms with E-state index < -0.39 is 56.3 Å². The summed E-state index contributed by atoms with van der Waals surface area (Å²) in [5, 5.41) is 17.4. The number of halogens is 2. The number of nitrogens with one attached hydrogen (secondary N) is 3. The van der Waals surface area contributed by atoms with Gasteiger partial charge in [0.05, 0.1) is 12.6 Å². The van der Waals surface area contributed by atoms with Gasteiger partial charge in [0.1, 0.15) is 11.9 Å².